The molecule has 1 aliphatic rings. The van der Waals surface area contributed by atoms with Crippen LogP contribution >= 0.6 is 0 Å². The number of nitrogens with zero attached hydrogens (tertiary/aromatic N) is 6. The van der Waals surface area contributed by atoms with Crippen LogP contribution in [-0.2, 0) is 0 Å². The van der Waals surface area contributed by atoms with Crippen LogP contribution in [0.3, 0.4) is 0 Å². The third kappa shape index (κ3) is 4.19. The van der Waals surface area contributed by atoms with Crippen molar-refractivity contribution >= 4 is 39.5 Å². The summed E-state index contributed by atoms with van der Waals surface area (Å²) in [5.41, 5.74) is 4.60. The Balaban J connectivity index is 1.49. The standard InChI is InChI=1S/C28H30N6O2/c1-4-33(25-14-8-11-22-10-5-6-12-23(22)25)28-26(34(35)36)27(29-19-30-28)32-17-15-31(16-18-32)24-13-7-9-20(2)21(24)3/h5-14,19H,4,15-18H2,1-3H3. The molecule has 0 unspecified atom stereocenters. The average Bonchev–Trinajstić information content (AvgIpc) is 2.91. The molecule has 0 spiro atoms. The van der Waals surface area contributed by atoms with Gasteiger partial charge in [-0.15, -0.1) is 0 Å². The first-order chi connectivity index (χ1) is 17.5. The maximum Gasteiger partial charge on any atom is 0.353 e. The molecule has 0 saturated carbocycles. The summed E-state index contributed by atoms with van der Waals surface area (Å²) < 4.78 is 0. The monoisotopic (exact) mass is 482 g/mol. The van der Waals surface area contributed by atoms with Crippen molar-refractivity contribution in [1.82, 2.24) is 9.97 Å². The summed E-state index contributed by atoms with van der Waals surface area (Å²) in [5, 5.41) is 14.5. The number of benzene rings is 3. The Morgan fingerprint density at radius 3 is 2.36 bits per heavy atom. The lowest BCUT2D eigenvalue weighted by Gasteiger charge is -2.37. The van der Waals surface area contributed by atoms with Gasteiger partial charge in [0.25, 0.3) is 0 Å². The van der Waals surface area contributed by atoms with Crippen molar-refractivity contribution in [3.05, 3.63) is 88.2 Å². The quantitative estimate of drug-likeness (QED) is 0.260. The fraction of sp³-hybridized carbons (Fsp3) is 0.286. The second-order valence-corrected chi connectivity index (χ2v) is 9.06. The lowest BCUT2D eigenvalue weighted by atomic mass is 10.1. The fourth-order valence-corrected chi connectivity index (χ4v) is 5.07. The summed E-state index contributed by atoms with van der Waals surface area (Å²) in [6.45, 7) is 9.60. The number of piperazine rings is 1. The summed E-state index contributed by atoms with van der Waals surface area (Å²) in [6.07, 6.45) is 1.45. The lowest BCUT2D eigenvalue weighted by molar-refractivity contribution is -0.383. The van der Waals surface area contributed by atoms with Gasteiger partial charge in [-0.25, -0.2) is 9.97 Å². The number of aryl methyl sites for hydroxylation is 1. The van der Waals surface area contributed by atoms with Gasteiger partial charge in [-0.05, 0) is 49.4 Å². The molecule has 36 heavy (non-hydrogen) atoms. The molecule has 8 heteroatoms. The third-order valence-electron chi connectivity index (χ3n) is 7.09. The molecule has 1 aromatic heterocycles. The first-order valence-corrected chi connectivity index (χ1v) is 12.3. The van der Waals surface area contributed by atoms with E-state index in [1.807, 2.05) is 59.2 Å². The predicted octanol–water partition coefficient (Wildman–Crippen LogP) is 5.64. The van der Waals surface area contributed by atoms with Crippen LogP contribution in [0.1, 0.15) is 18.1 Å². The van der Waals surface area contributed by atoms with Crippen molar-refractivity contribution in [1.29, 1.82) is 0 Å². The van der Waals surface area contributed by atoms with Gasteiger partial charge in [-0.3, -0.25) is 10.1 Å². The van der Waals surface area contributed by atoms with Crippen LogP contribution in [0.2, 0.25) is 0 Å². The summed E-state index contributed by atoms with van der Waals surface area (Å²) in [4.78, 5) is 27.2. The van der Waals surface area contributed by atoms with Gasteiger partial charge in [-0.2, -0.15) is 0 Å². The van der Waals surface area contributed by atoms with Gasteiger partial charge in [0.05, 0.1) is 10.6 Å². The van der Waals surface area contributed by atoms with Crippen molar-refractivity contribution in [2.24, 2.45) is 0 Å². The molecule has 1 fully saturated rings. The smallest absolute Gasteiger partial charge is 0.353 e. The molecule has 0 radical (unpaired) electrons. The van der Waals surface area contributed by atoms with Crippen LogP contribution in [0.25, 0.3) is 10.8 Å². The number of fused-ring (bicyclic) bond motifs is 1. The molecule has 3 aromatic carbocycles. The topological polar surface area (TPSA) is 78.6 Å². The molecular formula is C28H30N6O2. The van der Waals surface area contributed by atoms with E-state index < -0.39 is 0 Å². The van der Waals surface area contributed by atoms with Crippen molar-refractivity contribution < 1.29 is 4.92 Å². The maximum absolute atomic E-state index is 12.4. The predicted molar refractivity (Wildman–Crippen MR) is 146 cm³/mol. The Hall–Kier alpha value is -4.20. The van der Waals surface area contributed by atoms with E-state index >= 15 is 0 Å². The number of anilines is 4. The Morgan fingerprint density at radius 2 is 1.61 bits per heavy atom. The minimum atomic E-state index is -0.338. The van der Waals surface area contributed by atoms with Crippen LogP contribution in [0.4, 0.5) is 28.7 Å². The van der Waals surface area contributed by atoms with Crippen molar-refractivity contribution in [3.8, 4) is 0 Å². The number of aromatic nitrogens is 2. The number of hydrogen-bond donors (Lipinski definition) is 0. The molecule has 0 aliphatic carbocycles. The van der Waals surface area contributed by atoms with E-state index in [2.05, 4.69) is 46.9 Å². The van der Waals surface area contributed by atoms with Crippen molar-refractivity contribution in [3.63, 3.8) is 0 Å². The van der Waals surface area contributed by atoms with Gasteiger partial charge in [0.15, 0.2) is 0 Å². The Labute approximate surface area is 211 Å². The van der Waals surface area contributed by atoms with E-state index in [0.717, 1.165) is 29.5 Å². The highest BCUT2D eigenvalue weighted by molar-refractivity contribution is 5.96. The minimum absolute atomic E-state index is 0.0486. The Bertz CT molecular complexity index is 1410. The van der Waals surface area contributed by atoms with Gasteiger partial charge in [-0.1, -0.05) is 48.5 Å². The van der Waals surface area contributed by atoms with Crippen LogP contribution in [0, 0.1) is 24.0 Å². The largest absolute Gasteiger partial charge is 0.368 e. The van der Waals surface area contributed by atoms with E-state index in [-0.39, 0.29) is 10.6 Å². The Kier molecular flexibility index (Phi) is 6.41. The second-order valence-electron chi connectivity index (χ2n) is 9.06. The molecule has 184 valence electrons. The summed E-state index contributed by atoms with van der Waals surface area (Å²) >= 11 is 0. The van der Waals surface area contributed by atoms with Gasteiger partial charge >= 0.3 is 5.69 Å². The molecule has 5 rings (SSSR count). The van der Waals surface area contributed by atoms with Crippen molar-refractivity contribution in [2.75, 3.05) is 47.4 Å². The van der Waals surface area contributed by atoms with Gasteiger partial charge < -0.3 is 14.7 Å². The molecular weight excluding hydrogens is 452 g/mol. The average molecular weight is 483 g/mol. The Morgan fingerprint density at radius 1 is 0.917 bits per heavy atom. The van der Waals surface area contributed by atoms with Crippen LogP contribution < -0.4 is 14.7 Å². The van der Waals surface area contributed by atoms with Gasteiger partial charge in [0.1, 0.15) is 6.33 Å². The SMILES string of the molecule is CCN(c1ncnc(N2CCN(c3cccc(C)c3C)CC2)c1[N+](=O)[O-])c1cccc2ccccc12. The normalized spacial score (nSPS) is 13.8. The van der Waals surface area contributed by atoms with E-state index in [1.54, 1.807) is 0 Å². The molecule has 1 aliphatic heterocycles. The zero-order valence-electron chi connectivity index (χ0n) is 20.9. The molecule has 0 bridgehead atoms. The van der Waals surface area contributed by atoms with Crippen LogP contribution in [-0.4, -0.2) is 47.6 Å². The first-order valence-electron chi connectivity index (χ1n) is 12.3. The van der Waals surface area contributed by atoms with Crippen molar-refractivity contribution in [2.45, 2.75) is 20.8 Å². The number of hydrogen-bond acceptors (Lipinski definition) is 7. The maximum atomic E-state index is 12.4. The summed E-state index contributed by atoms with van der Waals surface area (Å²) in [7, 11) is 0. The highest BCUT2D eigenvalue weighted by atomic mass is 16.6. The highest BCUT2D eigenvalue weighted by Crippen LogP contribution is 2.40. The van der Waals surface area contributed by atoms with E-state index in [9.17, 15) is 10.1 Å². The number of rotatable bonds is 6. The van der Waals surface area contributed by atoms with Gasteiger partial charge in [0.2, 0.25) is 11.6 Å². The second kappa shape index (κ2) is 9.81. The van der Waals surface area contributed by atoms with Crippen LogP contribution in [0.5, 0.6) is 0 Å². The summed E-state index contributed by atoms with van der Waals surface area (Å²) in [5.74, 6) is 0.699. The van der Waals surface area contributed by atoms with E-state index in [1.165, 1.54) is 23.1 Å². The fourth-order valence-electron chi connectivity index (χ4n) is 5.07. The molecule has 4 aromatic rings. The van der Waals surface area contributed by atoms with E-state index in [0.29, 0.717) is 31.3 Å². The third-order valence-corrected chi connectivity index (χ3v) is 7.09. The molecule has 0 atom stereocenters. The van der Waals surface area contributed by atoms with Crippen LogP contribution in [0.15, 0.2) is 67.0 Å². The molecule has 8 nitrogen and oxygen atoms in total. The van der Waals surface area contributed by atoms with E-state index in [4.69, 9.17) is 0 Å². The molecule has 0 N–H and O–H groups in total. The van der Waals surface area contributed by atoms with Gasteiger partial charge in [0, 0.05) is 43.8 Å². The minimum Gasteiger partial charge on any atom is -0.368 e. The number of nitro groups is 1. The molecule has 2 heterocycles. The first kappa shape index (κ1) is 23.5. The zero-order valence-corrected chi connectivity index (χ0v) is 20.9. The highest BCUT2D eigenvalue weighted by Gasteiger charge is 2.32. The summed E-state index contributed by atoms with van der Waals surface area (Å²) in [6, 6.07) is 20.4. The molecule has 0 amide bonds. The molecule has 1 saturated heterocycles. The lowest BCUT2D eigenvalue weighted by Crippen LogP contribution is -2.47. The zero-order chi connectivity index (χ0) is 25.2.